The van der Waals surface area contributed by atoms with Crippen molar-refractivity contribution in [3.63, 3.8) is 0 Å². The minimum Gasteiger partial charge on any atom is -0.352 e. The maximum Gasteiger partial charge on any atom is 0.239 e. The summed E-state index contributed by atoms with van der Waals surface area (Å²) in [7, 11) is 0. The van der Waals surface area contributed by atoms with Crippen LogP contribution in [0.25, 0.3) is 0 Å². The monoisotopic (exact) mass is 331 g/mol. The minimum absolute atomic E-state index is 0. The molecule has 2 unspecified atom stereocenters. The first-order chi connectivity index (χ1) is 10.2. The SMILES string of the molecule is Cl.NCC1CCCC1NC(=O)CNC(=O)CCC1CCCC1. The highest BCUT2D eigenvalue weighted by Crippen LogP contribution is 2.28. The summed E-state index contributed by atoms with van der Waals surface area (Å²) in [6, 6.07) is 0.192. The zero-order valence-corrected chi connectivity index (χ0v) is 14.1. The molecule has 0 radical (unpaired) electrons. The first kappa shape index (κ1) is 19.2. The summed E-state index contributed by atoms with van der Waals surface area (Å²) in [5, 5.41) is 5.73. The molecule has 5 nitrogen and oxygen atoms in total. The maximum atomic E-state index is 11.9. The molecule has 0 heterocycles. The highest BCUT2D eigenvalue weighted by Gasteiger charge is 2.27. The predicted octanol–water partition coefficient (Wildman–Crippen LogP) is 1.74. The van der Waals surface area contributed by atoms with Crippen LogP contribution in [-0.2, 0) is 9.59 Å². The molecule has 2 atom stereocenters. The van der Waals surface area contributed by atoms with Crippen molar-refractivity contribution in [1.82, 2.24) is 10.6 Å². The summed E-state index contributed by atoms with van der Waals surface area (Å²) < 4.78 is 0. The fraction of sp³-hybridized carbons (Fsp3) is 0.875. The number of amides is 2. The van der Waals surface area contributed by atoms with Gasteiger partial charge >= 0.3 is 0 Å². The van der Waals surface area contributed by atoms with E-state index in [4.69, 9.17) is 5.73 Å². The number of rotatable bonds is 7. The van der Waals surface area contributed by atoms with Gasteiger partial charge in [0.2, 0.25) is 11.8 Å². The Hall–Kier alpha value is -0.810. The summed E-state index contributed by atoms with van der Waals surface area (Å²) in [6.45, 7) is 0.718. The molecular formula is C16H30ClN3O2. The van der Waals surface area contributed by atoms with Crippen molar-refractivity contribution in [2.75, 3.05) is 13.1 Å². The van der Waals surface area contributed by atoms with Crippen molar-refractivity contribution in [3.05, 3.63) is 0 Å². The molecule has 0 bridgehead atoms. The average molecular weight is 332 g/mol. The van der Waals surface area contributed by atoms with Gasteiger partial charge < -0.3 is 16.4 Å². The molecule has 4 N–H and O–H groups in total. The molecule has 0 aromatic rings. The largest absolute Gasteiger partial charge is 0.352 e. The molecule has 2 aliphatic rings. The zero-order valence-electron chi connectivity index (χ0n) is 13.3. The second-order valence-electron chi connectivity index (χ2n) is 6.57. The number of nitrogens with one attached hydrogen (secondary N) is 2. The Morgan fingerprint density at radius 2 is 1.73 bits per heavy atom. The molecule has 2 saturated carbocycles. The Balaban J connectivity index is 0.00000242. The van der Waals surface area contributed by atoms with Crippen molar-refractivity contribution < 1.29 is 9.59 Å². The van der Waals surface area contributed by atoms with Crippen LogP contribution in [0.2, 0.25) is 0 Å². The van der Waals surface area contributed by atoms with Crippen LogP contribution >= 0.6 is 12.4 Å². The number of hydrogen-bond acceptors (Lipinski definition) is 3. The molecule has 128 valence electrons. The third kappa shape index (κ3) is 6.13. The number of halogens is 1. The predicted molar refractivity (Wildman–Crippen MR) is 89.8 cm³/mol. The first-order valence-electron chi connectivity index (χ1n) is 8.45. The van der Waals surface area contributed by atoms with Gasteiger partial charge in [-0.15, -0.1) is 12.4 Å². The third-order valence-corrected chi connectivity index (χ3v) is 5.01. The highest BCUT2D eigenvalue weighted by atomic mass is 35.5. The van der Waals surface area contributed by atoms with Crippen molar-refractivity contribution in [2.24, 2.45) is 17.6 Å². The number of carbonyl (C=O) groups excluding carboxylic acids is 2. The van der Waals surface area contributed by atoms with Crippen molar-refractivity contribution >= 4 is 24.2 Å². The third-order valence-electron chi connectivity index (χ3n) is 5.01. The highest BCUT2D eigenvalue weighted by molar-refractivity contribution is 5.85. The molecule has 0 aliphatic heterocycles. The summed E-state index contributed by atoms with van der Waals surface area (Å²) in [5.41, 5.74) is 5.70. The molecule has 6 heteroatoms. The van der Waals surface area contributed by atoms with E-state index in [1.807, 2.05) is 0 Å². The van der Waals surface area contributed by atoms with Gasteiger partial charge in [0.1, 0.15) is 0 Å². The van der Waals surface area contributed by atoms with Gasteiger partial charge in [0.15, 0.2) is 0 Å². The van der Waals surface area contributed by atoms with Gasteiger partial charge in [-0.1, -0.05) is 32.1 Å². The van der Waals surface area contributed by atoms with Gasteiger partial charge in [-0.2, -0.15) is 0 Å². The summed E-state index contributed by atoms with van der Waals surface area (Å²) in [4.78, 5) is 23.6. The van der Waals surface area contributed by atoms with Gasteiger partial charge in [0.05, 0.1) is 6.54 Å². The van der Waals surface area contributed by atoms with Gasteiger partial charge in [-0.3, -0.25) is 9.59 Å². The summed E-state index contributed by atoms with van der Waals surface area (Å²) in [6.07, 6.45) is 9.86. The first-order valence-corrected chi connectivity index (χ1v) is 8.45. The molecular weight excluding hydrogens is 302 g/mol. The van der Waals surface area contributed by atoms with E-state index < -0.39 is 0 Å². The van der Waals surface area contributed by atoms with E-state index in [0.717, 1.165) is 25.7 Å². The molecule has 22 heavy (non-hydrogen) atoms. The molecule has 0 aromatic carbocycles. The Morgan fingerprint density at radius 1 is 1.00 bits per heavy atom. The molecule has 2 amide bonds. The lowest BCUT2D eigenvalue weighted by atomic mass is 10.0. The van der Waals surface area contributed by atoms with Crippen LogP contribution in [0.4, 0.5) is 0 Å². The molecule has 2 aliphatic carbocycles. The van der Waals surface area contributed by atoms with Crippen molar-refractivity contribution in [3.8, 4) is 0 Å². The smallest absolute Gasteiger partial charge is 0.239 e. The van der Waals surface area contributed by atoms with E-state index in [2.05, 4.69) is 10.6 Å². The van der Waals surface area contributed by atoms with Crippen LogP contribution < -0.4 is 16.4 Å². The van der Waals surface area contributed by atoms with Crippen molar-refractivity contribution in [2.45, 2.75) is 63.8 Å². The number of nitrogens with two attached hydrogens (primary N) is 1. The topological polar surface area (TPSA) is 84.2 Å². The Bertz CT molecular complexity index is 359. The van der Waals surface area contributed by atoms with E-state index in [1.165, 1.54) is 25.7 Å². The lowest BCUT2D eigenvalue weighted by Crippen LogP contribution is -2.44. The summed E-state index contributed by atoms with van der Waals surface area (Å²) >= 11 is 0. The number of carbonyl (C=O) groups is 2. The molecule has 0 saturated heterocycles. The van der Waals surface area contributed by atoms with Crippen LogP contribution in [0.15, 0.2) is 0 Å². The standard InChI is InChI=1S/C16H29N3O2.ClH/c17-10-13-6-3-7-14(13)19-16(21)11-18-15(20)9-8-12-4-1-2-5-12;/h12-14H,1-11,17H2,(H,18,20)(H,19,21);1H. The van der Waals surface area contributed by atoms with Crippen LogP contribution in [-0.4, -0.2) is 30.9 Å². The van der Waals surface area contributed by atoms with Crippen molar-refractivity contribution in [1.29, 1.82) is 0 Å². The van der Waals surface area contributed by atoms with Gasteiger partial charge in [-0.05, 0) is 37.6 Å². The van der Waals surface area contributed by atoms with E-state index in [-0.39, 0.29) is 36.8 Å². The van der Waals surface area contributed by atoms with Gasteiger partial charge in [0, 0.05) is 12.5 Å². The zero-order chi connectivity index (χ0) is 15.1. The van der Waals surface area contributed by atoms with Crippen LogP contribution in [0.5, 0.6) is 0 Å². The van der Waals surface area contributed by atoms with E-state index in [9.17, 15) is 9.59 Å². The molecule has 2 rings (SSSR count). The Labute approximate surface area is 139 Å². The van der Waals surface area contributed by atoms with Gasteiger partial charge in [0.25, 0.3) is 0 Å². The average Bonchev–Trinajstić information content (AvgIpc) is 3.14. The fourth-order valence-corrected chi connectivity index (χ4v) is 3.67. The fourth-order valence-electron chi connectivity index (χ4n) is 3.67. The van der Waals surface area contributed by atoms with Crippen LogP contribution in [0.1, 0.15) is 57.8 Å². The maximum absolute atomic E-state index is 11.9. The molecule has 2 fully saturated rings. The Kier molecular flexibility index (Phi) is 8.79. The second kappa shape index (κ2) is 10.1. The molecule has 0 aromatic heterocycles. The minimum atomic E-state index is -0.0884. The number of hydrogen-bond donors (Lipinski definition) is 3. The quantitative estimate of drug-likeness (QED) is 0.664. The second-order valence-corrected chi connectivity index (χ2v) is 6.57. The van der Waals surface area contributed by atoms with E-state index in [0.29, 0.717) is 24.8 Å². The molecule has 0 spiro atoms. The van der Waals surface area contributed by atoms with Crippen LogP contribution in [0.3, 0.4) is 0 Å². The lowest BCUT2D eigenvalue weighted by Gasteiger charge is -2.19. The Morgan fingerprint density at radius 3 is 2.41 bits per heavy atom. The van der Waals surface area contributed by atoms with Gasteiger partial charge in [-0.25, -0.2) is 0 Å². The van der Waals surface area contributed by atoms with Crippen LogP contribution in [0, 0.1) is 11.8 Å². The van der Waals surface area contributed by atoms with E-state index >= 15 is 0 Å². The summed E-state index contributed by atoms with van der Waals surface area (Å²) in [5.74, 6) is 1.02. The lowest BCUT2D eigenvalue weighted by molar-refractivity contribution is -0.126. The normalized spacial score (nSPS) is 24.8. The van der Waals surface area contributed by atoms with E-state index in [1.54, 1.807) is 0 Å².